The summed E-state index contributed by atoms with van der Waals surface area (Å²) in [5.41, 5.74) is 3.64. The van der Waals surface area contributed by atoms with Gasteiger partial charge < -0.3 is 5.32 Å². The fraction of sp³-hybridized carbons (Fsp3) is 0.0870. The Morgan fingerprint density at radius 3 is 2.53 bits per heavy atom. The Hall–Kier alpha value is -4.40. The molecule has 0 aliphatic carbocycles. The molecule has 1 N–H and O–H groups in total. The monoisotopic (exact) mass is 427 g/mol. The molecule has 32 heavy (non-hydrogen) atoms. The van der Waals surface area contributed by atoms with E-state index in [1.165, 1.54) is 22.9 Å². The molecule has 158 valence electrons. The van der Waals surface area contributed by atoms with E-state index in [1.807, 2.05) is 47.9 Å². The molecule has 0 spiro atoms. The first-order chi connectivity index (χ1) is 15.5. The van der Waals surface area contributed by atoms with E-state index in [0.717, 1.165) is 17.0 Å². The van der Waals surface area contributed by atoms with Gasteiger partial charge in [-0.15, -0.1) is 5.10 Å². The van der Waals surface area contributed by atoms with Crippen LogP contribution in [0.15, 0.2) is 66.7 Å². The summed E-state index contributed by atoms with van der Waals surface area (Å²) in [4.78, 5) is 17.5. The van der Waals surface area contributed by atoms with Gasteiger partial charge in [0, 0.05) is 16.9 Å². The zero-order valence-electron chi connectivity index (χ0n) is 17.3. The lowest BCUT2D eigenvalue weighted by Gasteiger charge is -2.09. The van der Waals surface area contributed by atoms with Crippen LogP contribution >= 0.6 is 0 Å². The average molecular weight is 427 g/mol. The van der Waals surface area contributed by atoms with Crippen molar-refractivity contribution < 1.29 is 9.18 Å². The number of fused-ring (bicyclic) bond motifs is 1. The minimum absolute atomic E-state index is 0.151. The van der Waals surface area contributed by atoms with Crippen LogP contribution < -0.4 is 5.32 Å². The summed E-state index contributed by atoms with van der Waals surface area (Å²) in [6.07, 6.45) is 0. The van der Waals surface area contributed by atoms with Crippen LogP contribution in [0, 0.1) is 19.7 Å². The first kappa shape index (κ1) is 19.6. The van der Waals surface area contributed by atoms with Crippen LogP contribution in [0.5, 0.6) is 0 Å². The number of amides is 1. The molecular weight excluding hydrogens is 409 g/mol. The number of nitrogens with one attached hydrogen (secondary N) is 1. The Kier molecular flexibility index (Phi) is 4.70. The van der Waals surface area contributed by atoms with Crippen LogP contribution in [0.3, 0.4) is 0 Å². The normalized spacial score (nSPS) is 11.1. The molecule has 1 amide bonds. The van der Waals surface area contributed by atoms with E-state index < -0.39 is 5.82 Å². The Bertz CT molecular complexity index is 1460. The molecule has 0 saturated heterocycles. The third-order valence-electron chi connectivity index (χ3n) is 5.16. The van der Waals surface area contributed by atoms with Gasteiger partial charge in [0.25, 0.3) is 5.91 Å². The molecule has 2 heterocycles. The van der Waals surface area contributed by atoms with Crippen LogP contribution in [-0.2, 0) is 0 Å². The van der Waals surface area contributed by atoms with Gasteiger partial charge in [-0.25, -0.2) is 9.37 Å². The van der Waals surface area contributed by atoms with E-state index in [4.69, 9.17) is 0 Å². The summed E-state index contributed by atoms with van der Waals surface area (Å²) in [7, 11) is 0. The predicted molar refractivity (Wildman–Crippen MR) is 118 cm³/mol. The number of carbonyl (C=O) groups is 1. The summed E-state index contributed by atoms with van der Waals surface area (Å²) < 4.78 is 17.6. The highest BCUT2D eigenvalue weighted by atomic mass is 19.1. The SMILES string of the molecule is Cc1nnnn1-c1cc(NC(=O)c2ccc3c(c2)nc(C)n3-c2ccccc2)ccc1F. The van der Waals surface area contributed by atoms with E-state index in [0.29, 0.717) is 22.6 Å². The lowest BCUT2D eigenvalue weighted by atomic mass is 10.1. The van der Waals surface area contributed by atoms with Gasteiger partial charge in [-0.3, -0.25) is 9.36 Å². The molecule has 0 bridgehead atoms. The lowest BCUT2D eigenvalue weighted by molar-refractivity contribution is 0.102. The third-order valence-corrected chi connectivity index (χ3v) is 5.16. The number of para-hydroxylation sites is 1. The molecule has 0 radical (unpaired) electrons. The molecule has 9 heteroatoms. The Labute approximate surface area is 182 Å². The van der Waals surface area contributed by atoms with E-state index in [1.54, 1.807) is 19.1 Å². The molecule has 8 nitrogen and oxygen atoms in total. The van der Waals surface area contributed by atoms with Crippen LogP contribution in [0.25, 0.3) is 22.4 Å². The smallest absolute Gasteiger partial charge is 0.255 e. The summed E-state index contributed by atoms with van der Waals surface area (Å²) in [5, 5.41) is 13.9. The predicted octanol–water partition coefficient (Wildman–Crippen LogP) is 4.01. The van der Waals surface area contributed by atoms with Gasteiger partial charge in [0.15, 0.2) is 5.82 Å². The van der Waals surface area contributed by atoms with Gasteiger partial charge in [0.2, 0.25) is 0 Å². The number of aromatic nitrogens is 6. The quantitative estimate of drug-likeness (QED) is 0.468. The topological polar surface area (TPSA) is 90.5 Å². The highest BCUT2D eigenvalue weighted by Crippen LogP contribution is 2.24. The highest BCUT2D eigenvalue weighted by Gasteiger charge is 2.15. The molecule has 0 saturated carbocycles. The molecule has 0 aliphatic heterocycles. The molecule has 0 unspecified atom stereocenters. The fourth-order valence-electron chi connectivity index (χ4n) is 3.66. The van der Waals surface area contributed by atoms with E-state index >= 15 is 0 Å². The second kappa shape index (κ2) is 7.69. The number of aryl methyl sites for hydroxylation is 2. The molecule has 5 aromatic rings. The van der Waals surface area contributed by atoms with Crippen molar-refractivity contribution in [1.82, 2.24) is 29.8 Å². The number of tetrazole rings is 1. The summed E-state index contributed by atoms with van der Waals surface area (Å²) in [5.74, 6) is 0.428. The lowest BCUT2D eigenvalue weighted by Crippen LogP contribution is -2.13. The van der Waals surface area contributed by atoms with Crippen molar-refractivity contribution in [3.63, 3.8) is 0 Å². The Morgan fingerprint density at radius 2 is 1.78 bits per heavy atom. The van der Waals surface area contributed by atoms with Crippen LogP contribution in [0.1, 0.15) is 22.0 Å². The molecule has 5 rings (SSSR count). The number of benzene rings is 3. The minimum atomic E-state index is -0.498. The number of anilines is 1. The Balaban J connectivity index is 1.45. The molecule has 0 aliphatic rings. The van der Waals surface area contributed by atoms with E-state index in [2.05, 4.69) is 25.8 Å². The molecule has 0 fully saturated rings. The first-order valence-corrected chi connectivity index (χ1v) is 9.92. The fourth-order valence-corrected chi connectivity index (χ4v) is 3.66. The van der Waals surface area contributed by atoms with Crippen molar-refractivity contribution >= 4 is 22.6 Å². The number of rotatable bonds is 4. The maximum absolute atomic E-state index is 14.3. The van der Waals surface area contributed by atoms with Gasteiger partial charge in [-0.2, -0.15) is 4.68 Å². The maximum Gasteiger partial charge on any atom is 0.255 e. The molecular formula is C23H18FN7O. The number of nitrogens with zero attached hydrogens (tertiary/aromatic N) is 6. The van der Waals surface area contributed by atoms with Crippen LogP contribution in [-0.4, -0.2) is 35.7 Å². The molecule has 0 atom stereocenters. The van der Waals surface area contributed by atoms with Crippen molar-refractivity contribution in [2.24, 2.45) is 0 Å². The van der Waals surface area contributed by atoms with Gasteiger partial charge in [-0.1, -0.05) is 18.2 Å². The van der Waals surface area contributed by atoms with Crippen LogP contribution in [0.4, 0.5) is 10.1 Å². The van der Waals surface area contributed by atoms with Crippen molar-refractivity contribution in [2.45, 2.75) is 13.8 Å². The second-order valence-electron chi connectivity index (χ2n) is 7.29. The zero-order valence-corrected chi connectivity index (χ0v) is 17.3. The van der Waals surface area contributed by atoms with Gasteiger partial charge in [0.05, 0.1) is 11.0 Å². The maximum atomic E-state index is 14.3. The summed E-state index contributed by atoms with van der Waals surface area (Å²) in [6.45, 7) is 3.59. The molecule has 2 aromatic heterocycles. The average Bonchev–Trinajstić information content (AvgIpc) is 3.37. The summed E-state index contributed by atoms with van der Waals surface area (Å²) in [6, 6.07) is 19.5. The highest BCUT2D eigenvalue weighted by molar-refractivity contribution is 6.06. The standard InChI is InChI=1S/C23H18FN7O/c1-14-25-20-12-16(8-11-21(20)30(14)18-6-4-3-5-7-18)23(32)26-17-9-10-19(24)22(13-17)31-15(2)27-28-29-31/h3-13H,1-2H3,(H,26,32). The van der Waals surface area contributed by atoms with Gasteiger partial charge >= 0.3 is 0 Å². The zero-order chi connectivity index (χ0) is 22.2. The number of imidazole rings is 1. The van der Waals surface area contributed by atoms with Crippen molar-refractivity contribution in [3.05, 3.63) is 89.8 Å². The first-order valence-electron chi connectivity index (χ1n) is 9.92. The van der Waals surface area contributed by atoms with E-state index in [9.17, 15) is 9.18 Å². The van der Waals surface area contributed by atoms with Gasteiger partial charge in [-0.05, 0) is 72.8 Å². The number of halogens is 1. The van der Waals surface area contributed by atoms with E-state index in [-0.39, 0.29) is 11.6 Å². The largest absolute Gasteiger partial charge is 0.322 e. The number of hydrogen-bond acceptors (Lipinski definition) is 5. The van der Waals surface area contributed by atoms with Crippen LogP contribution in [0.2, 0.25) is 0 Å². The van der Waals surface area contributed by atoms with Crippen molar-refractivity contribution in [3.8, 4) is 11.4 Å². The number of hydrogen-bond donors (Lipinski definition) is 1. The number of carbonyl (C=O) groups excluding carboxylic acids is 1. The van der Waals surface area contributed by atoms with Crippen molar-refractivity contribution in [2.75, 3.05) is 5.32 Å². The third kappa shape index (κ3) is 3.39. The second-order valence-corrected chi connectivity index (χ2v) is 7.29. The Morgan fingerprint density at radius 1 is 0.969 bits per heavy atom. The van der Waals surface area contributed by atoms with Gasteiger partial charge in [0.1, 0.15) is 17.3 Å². The molecule has 3 aromatic carbocycles. The summed E-state index contributed by atoms with van der Waals surface area (Å²) >= 11 is 0. The minimum Gasteiger partial charge on any atom is -0.322 e. The van der Waals surface area contributed by atoms with Crippen molar-refractivity contribution in [1.29, 1.82) is 0 Å².